The lowest BCUT2D eigenvalue weighted by atomic mass is 9.99. The Labute approximate surface area is 121 Å². The molecule has 2 saturated heterocycles. The first-order valence-electron chi connectivity index (χ1n) is 6.84. The van der Waals surface area contributed by atoms with Gasteiger partial charge < -0.3 is 15.0 Å². The van der Waals surface area contributed by atoms with Crippen molar-refractivity contribution in [1.29, 1.82) is 0 Å². The number of amides is 3. The highest BCUT2D eigenvalue weighted by atomic mass is 16.5. The number of hydrogen-bond donors (Lipinski definition) is 2. The highest BCUT2D eigenvalue weighted by molar-refractivity contribution is 6.11. The smallest absolute Gasteiger partial charge is 0.325 e. The van der Waals surface area contributed by atoms with Gasteiger partial charge in [-0.25, -0.2) is 4.79 Å². The molecule has 1 aromatic heterocycles. The maximum Gasteiger partial charge on any atom is 0.325 e. The number of Topliss-reactive ketones (excluding diaryl/α,β-unsaturated/α-hetero) is 1. The third-order valence-electron chi connectivity index (χ3n) is 4.02. The summed E-state index contributed by atoms with van der Waals surface area (Å²) in [6.07, 6.45) is 0.449. The quantitative estimate of drug-likeness (QED) is 0.627. The van der Waals surface area contributed by atoms with E-state index < -0.39 is 11.6 Å². The van der Waals surface area contributed by atoms with Crippen molar-refractivity contribution in [3.8, 4) is 0 Å². The summed E-state index contributed by atoms with van der Waals surface area (Å²) in [4.78, 5) is 40.7. The Bertz CT molecular complexity index is 628. The summed E-state index contributed by atoms with van der Waals surface area (Å²) in [6.45, 7) is 4.00. The standard InChI is InChI=1S/C14H17N3O4/c1-8-5-10(9(2)15-8)11(18)6-17-12(19)14(16-13(17)20)3-4-21-7-14/h5,15H,3-4,6-7H2,1-2H3,(H,16,20). The Hall–Kier alpha value is -2.15. The van der Waals surface area contributed by atoms with Crippen LogP contribution in [0.2, 0.25) is 0 Å². The van der Waals surface area contributed by atoms with E-state index in [9.17, 15) is 14.4 Å². The zero-order valence-electron chi connectivity index (χ0n) is 12.0. The molecular weight excluding hydrogens is 274 g/mol. The topological polar surface area (TPSA) is 91.5 Å². The van der Waals surface area contributed by atoms with E-state index in [1.165, 1.54) is 0 Å². The molecule has 0 saturated carbocycles. The number of imide groups is 1. The monoisotopic (exact) mass is 291 g/mol. The van der Waals surface area contributed by atoms with Crippen molar-refractivity contribution in [1.82, 2.24) is 15.2 Å². The minimum absolute atomic E-state index is 0.171. The average molecular weight is 291 g/mol. The van der Waals surface area contributed by atoms with E-state index in [1.54, 1.807) is 13.0 Å². The van der Waals surface area contributed by atoms with Gasteiger partial charge >= 0.3 is 6.03 Å². The lowest BCUT2D eigenvalue weighted by Crippen LogP contribution is -2.47. The van der Waals surface area contributed by atoms with Crippen LogP contribution in [0.1, 0.15) is 28.2 Å². The van der Waals surface area contributed by atoms with Crippen LogP contribution >= 0.6 is 0 Å². The van der Waals surface area contributed by atoms with Gasteiger partial charge in [0.25, 0.3) is 5.91 Å². The Morgan fingerprint density at radius 3 is 2.76 bits per heavy atom. The second-order valence-electron chi connectivity index (χ2n) is 5.62. The fourth-order valence-electron chi connectivity index (χ4n) is 2.89. The van der Waals surface area contributed by atoms with Crippen molar-refractivity contribution in [2.24, 2.45) is 0 Å². The first kappa shape index (κ1) is 13.8. The molecule has 21 heavy (non-hydrogen) atoms. The van der Waals surface area contributed by atoms with Gasteiger partial charge in [-0.3, -0.25) is 14.5 Å². The van der Waals surface area contributed by atoms with E-state index in [0.717, 1.165) is 16.3 Å². The first-order chi connectivity index (χ1) is 9.93. The summed E-state index contributed by atoms with van der Waals surface area (Å²) in [5, 5.41) is 2.66. The van der Waals surface area contributed by atoms with Crippen LogP contribution in [0.4, 0.5) is 4.79 Å². The van der Waals surface area contributed by atoms with Crippen LogP contribution in [-0.2, 0) is 9.53 Å². The van der Waals surface area contributed by atoms with Gasteiger partial charge in [-0.2, -0.15) is 0 Å². The molecule has 1 spiro atoms. The van der Waals surface area contributed by atoms with Gasteiger partial charge in [0.05, 0.1) is 13.2 Å². The normalized spacial score (nSPS) is 25.0. The third-order valence-corrected chi connectivity index (χ3v) is 4.02. The Morgan fingerprint density at radius 2 is 2.19 bits per heavy atom. The number of urea groups is 1. The summed E-state index contributed by atoms with van der Waals surface area (Å²) in [7, 11) is 0. The molecule has 1 atom stereocenters. The number of hydrogen-bond acceptors (Lipinski definition) is 4. The van der Waals surface area contributed by atoms with Crippen LogP contribution < -0.4 is 5.32 Å². The van der Waals surface area contributed by atoms with Crippen LogP contribution in [0.3, 0.4) is 0 Å². The van der Waals surface area contributed by atoms with E-state index >= 15 is 0 Å². The van der Waals surface area contributed by atoms with E-state index in [0.29, 0.717) is 18.6 Å². The lowest BCUT2D eigenvalue weighted by molar-refractivity contribution is -0.131. The average Bonchev–Trinajstić information content (AvgIpc) is 3.07. The molecule has 1 aromatic rings. The second kappa shape index (κ2) is 4.70. The molecule has 2 aliphatic rings. The van der Waals surface area contributed by atoms with Crippen molar-refractivity contribution >= 4 is 17.7 Å². The summed E-state index contributed by atoms with van der Waals surface area (Å²) >= 11 is 0. The first-order valence-corrected chi connectivity index (χ1v) is 6.84. The number of rotatable bonds is 3. The van der Waals surface area contributed by atoms with Gasteiger partial charge in [-0.15, -0.1) is 0 Å². The minimum atomic E-state index is -0.972. The molecule has 3 heterocycles. The SMILES string of the molecule is Cc1cc(C(=O)CN2C(=O)NC3(CCOC3)C2=O)c(C)[nH]1. The second-order valence-corrected chi connectivity index (χ2v) is 5.62. The summed E-state index contributed by atoms with van der Waals surface area (Å²) < 4.78 is 5.21. The van der Waals surface area contributed by atoms with Crippen molar-refractivity contribution < 1.29 is 19.1 Å². The fraction of sp³-hybridized carbons (Fsp3) is 0.500. The van der Waals surface area contributed by atoms with Crippen molar-refractivity contribution in [2.75, 3.05) is 19.8 Å². The molecule has 2 N–H and O–H groups in total. The fourth-order valence-corrected chi connectivity index (χ4v) is 2.89. The highest BCUT2D eigenvalue weighted by Crippen LogP contribution is 2.27. The zero-order valence-corrected chi connectivity index (χ0v) is 12.0. The van der Waals surface area contributed by atoms with Gasteiger partial charge in [0.15, 0.2) is 5.78 Å². The van der Waals surface area contributed by atoms with Crippen LogP contribution in [0.5, 0.6) is 0 Å². The largest absolute Gasteiger partial charge is 0.378 e. The summed E-state index contributed by atoms with van der Waals surface area (Å²) in [5.41, 5.74) is 1.15. The van der Waals surface area contributed by atoms with Crippen LogP contribution in [0, 0.1) is 13.8 Å². The number of H-pyrrole nitrogens is 1. The summed E-state index contributed by atoms with van der Waals surface area (Å²) in [5.74, 6) is -0.625. The maximum absolute atomic E-state index is 12.4. The number of aromatic nitrogens is 1. The molecule has 3 amide bonds. The number of carbonyl (C=O) groups is 3. The molecule has 0 radical (unpaired) electrons. The predicted molar refractivity (Wildman–Crippen MR) is 73.0 cm³/mol. The van der Waals surface area contributed by atoms with Crippen LogP contribution in [0.15, 0.2) is 6.07 Å². The van der Waals surface area contributed by atoms with Crippen molar-refractivity contribution in [2.45, 2.75) is 25.8 Å². The van der Waals surface area contributed by atoms with E-state index in [1.807, 2.05) is 6.92 Å². The molecule has 0 bridgehead atoms. The van der Waals surface area contributed by atoms with Gasteiger partial charge in [0.1, 0.15) is 5.54 Å². The minimum Gasteiger partial charge on any atom is -0.378 e. The molecule has 2 fully saturated rings. The van der Waals surface area contributed by atoms with Crippen LogP contribution in [0.25, 0.3) is 0 Å². The zero-order chi connectivity index (χ0) is 15.2. The number of ether oxygens (including phenoxy) is 1. The van der Waals surface area contributed by atoms with Gasteiger partial charge in [0, 0.05) is 30.0 Å². The molecule has 7 heteroatoms. The highest BCUT2D eigenvalue weighted by Gasteiger charge is 2.53. The number of aryl methyl sites for hydroxylation is 2. The lowest BCUT2D eigenvalue weighted by Gasteiger charge is -2.18. The predicted octanol–water partition coefficient (Wildman–Crippen LogP) is 0.525. The van der Waals surface area contributed by atoms with Gasteiger partial charge in [-0.1, -0.05) is 0 Å². The molecule has 2 aliphatic heterocycles. The molecule has 7 nitrogen and oxygen atoms in total. The van der Waals surface area contributed by atoms with Crippen LogP contribution in [-0.4, -0.2) is 52.9 Å². The Morgan fingerprint density at radius 1 is 1.43 bits per heavy atom. The molecule has 0 aliphatic carbocycles. The number of nitrogens with one attached hydrogen (secondary N) is 2. The van der Waals surface area contributed by atoms with E-state index in [4.69, 9.17) is 4.74 Å². The molecule has 1 unspecified atom stereocenters. The van der Waals surface area contributed by atoms with Gasteiger partial charge in [0.2, 0.25) is 0 Å². The number of carbonyl (C=O) groups excluding carboxylic acids is 3. The number of aromatic amines is 1. The Balaban J connectivity index is 1.79. The molecule has 0 aromatic carbocycles. The van der Waals surface area contributed by atoms with Crippen molar-refractivity contribution in [3.63, 3.8) is 0 Å². The molecular formula is C14H17N3O4. The van der Waals surface area contributed by atoms with E-state index in [-0.39, 0.29) is 24.8 Å². The molecule has 112 valence electrons. The maximum atomic E-state index is 12.4. The molecule has 3 rings (SSSR count). The number of ketones is 1. The summed E-state index contributed by atoms with van der Waals surface area (Å²) in [6, 6.07) is 1.20. The third kappa shape index (κ3) is 2.13. The van der Waals surface area contributed by atoms with E-state index in [2.05, 4.69) is 10.3 Å². The van der Waals surface area contributed by atoms with Gasteiger partial charge in [-0.05, 0) is 19.9 Å². The number of nitrogens with zero attached hydrogens (tertiary/aromatic N) is 1. The van der Waals surface area contributed by atoms with Crippen molar-refractivity contribution in [3.05, 3.63) is 23.0 Å². The Kier molecular flexibility index (Phi) is 3.09.